The van der Waals surface area contributed by atoms with Crippen LogP contribution in [-0.2, 0) is 9.57 Å². The SMILES string of the molecule is CC(CCN)ONC(=O)OC(C)(C)C. The Morgan fingerprint density at radius 3 is 2.50 bits per heavy atom. The number of ether oxygens (including phenoxy) is 1. The van der Waals surface area contributed by atoms with Crippen LogP contribution < -0.4 is 11.2 Å². The van der Waals surface area contributed by atoms with Crippen molar-refractivity contribution in [2.75, 3.05) is 6.54 Å². The first-order valence-corrected chi connectivity index (χ1v) is 4.70. The van der Waals surface area contributed by atoms with Crippen LogP contribution in [0, 0.1) is 0 Å². The number of carbonyl (C=O) groups is 1. The zero-order chi connectivity index (χ0) is 11.2. The number of hydroxylamine groups is 1. The predicted octanol–water partition coefficient (Wildman–Crippen LogP) is 1.18. The first kappa shape index (κ1) is 13.2. The molecule has 0 saturated carbocycles. The van der Waals surface area contributed by atoms with Crippen LogP contribution in [0.5, 0.6) is 0 Å². The molecule has 1 unspecified atom stereocenters. The molecule has 0 rings (SSSR count). The molecule has 0 aliphatic carbocycles. The topological polar surface area (TPSA) is 73.6 Å². The maximum atomic E-state index is 11.1. The highest BCUT2D eigenvalue weighted by atomic mass is 16.7. The first-order valence-electron chi connectivity index (χ1n) is 4.70. The van der Waals surface area contributed by atoms with E-state index in [2.05, 4.69) is 5.48 Å². The Morgan fingerprint density at radius 1 is 1.50 bits per heavy atom. The highest BCUT2D eigenvalue weighted by molar-refractivity contribution is 5.66. The quantitative estimate of drug-likeness (QED) is 0.674. The minimum absolute atomic E-state index is 0.104. The molecule has 1 atom stereocenters. The first-order chi connectivity index (χ1) is 6.35. The lowest BCUT2D eigenvalue weighted by atomic mass is 10.2. The van der Waals surface area contributed by atoms with Crippen molar-refractivity contribution in [3.05, 3.63) is 0 Å². The lowest BCUT2D eigenvalue weighted by Crippen LogP contribution is -2.35. The number of nitrogens with two attached hydrogens (primary N) is 1. The fraction of sp³-hybridized carbons (Fsp3) is 0.889. The summed E-state index contributed by atoms with van der Waals surface area (Å²) in [5.74, 6) is 0. The molecule has 0 saturated heterocycles. The van der Waals surface area contributed by atoms with Gasteiger partial charge in [-0.3, -0.25) is 4.84 Å². The fourth-order valence-electron chi connectivity index (χ4n) is 0.741. The van der Waals surface area contributed by atoms with E-state index in [1.54, 1.807) is 20.8 Å². The van der Waals surface area contributed by atoms with Crippen LogP contribution in [0.3, 0.4) is 0 Å². The summed E-state index contributed by atoms with van der Waals surface area (Å²) in [5.41, 5.74) is 7.01. The van der Waals surface area contributed by atoms with Crippen LogP contribution in [-0.4, -0.2) is 24.3 Å². The molecule has 0 aliphatic heterocycles. The third-order valence-corrected chi connectivity index (χ3v) is 1.32. The Bertz CT molecular complexity index is 177. The van der Waals surface area contributed by atoms with E-state index in [1.807, 2.05) is 6.92 Å². The lowest BCUT2D eigenvalue weighted by Gasteiger charge is -2.20. The van der Waals surface area contributed by atoms with Gasteiger partial charge in [-0.05, 0) is 40.7 Å². The van der Waals surface area contributed by atoms with Gasteiger partial charge in [-0.25, -0.2) is 4.79 Å². The van der Waals surface area contributed by atoms with Gasteiger partial charge < -0.3 is 10.5 Å². The van der Waals surface area contributed by atoms with Crippen LogP contribution >= 0.6 is 0 Å². The number of hydrogen-bond acceptors (Lipinski definition) is 4. The molecular formula is C9H20N2O3. The van der Waals surface area contributed by atoms with Crippen molar-refractivity contribution < 1.29 is 14.4 Å². The molecule has 0 spiro atoms. The van der Waals surface area contributed by atoms with Gasteiger partial charge in [-0.15, -0.1) is 0 Å². The molecule has 0 bridgehead atoms. The van der Waals surface area contributed by atoms with E-state index in [9.17, 15) is 4.79 Å². The summed E-state index contributed by atoms with van der Waals surface area (Å²) in [7, 11) is 0. The van der Waals surface area contributed by atoms with Crippen molar-refractivity contribution in [1.82, 2.24) is 5.48 Å². The molecule has 5 heteroatoms. The summed E-state index contributed by atoms with van der Waals surface area (Å²) in [4.78, 5) is 16.1. The van der Waals surface area contributed by atoms with E-state index in [4.69, 9.17) is 15.3 Å². The Morgan fingerprint density at radius 2 is 2.07 bits per heavy atom. The second-order valence-electron chi connectivity index (χ2n) is 4.11. The molecular weight excluding hydrogens is 184 g/mol. The van der Waals surface area contributed by atoms with Crippen molar-refractivity contribution in [3.8, 4) is 0 Å². The summed E-state index contributed by atoms with van der Waals surface area (Å²) in [6, 6.07) is 0. The van der Waals surface area contributed by atoms with Gasteiger partial charge in [0, 0.05) is 0 Å². The third kappa shape index (κ3) is 7.82. The highest BCUT2D eigenvalue weighted by Crippen LogP contribution is 2.06. The molecule has 5 nitrogen and oxygen atoms in total. The Balaban J connectivity index is 3.64. The van der Waals surface area contributed by atoms with E-state index < -0.39 is 11.7 Å². The van der Waals surface area contributed by atoms with Crippen LogP contribution in [0.1, 0.15) is 34.1 Å². The summed E-state index contributed by atoms with van der Waals surface area (Å²) >= 11 is 0. The molecule has 3 N–H and O–H groups in total. The number of hydrogen-bond donors (Lipinski definition) is 2. The van der Waals surface area contributed by atoms with Gasteiger partial charge >= 0.3 is 6.09 Å². The molecule has 0 aromatic rings. The minimum atomic E-state index is -0.582. The zero-order valence-corrected chi connectivity index (χ0v) is 9.29. The molecule has 0 aromatic heterocycles. The lowest BCUT2D eigenvalue weighted by molar-refractivity contribution is -0.0376. The molecule has 1 amide bonds. The van der Waals surface area contributed by atoms with E-state index >= 15 is 0 Å². The number of rotatable bonds is 4. The standard InChI is InChI=1S/C9H20N2O3/c1-7(5-6-10)14-11-8(12)13-9(2,3)4/h7H,5-6,10H2,1-4H3,(H,11,12). The van der Waals surface area contributed by atoms with Gasteiger partial charge in [0.25, 0.3) is 0 Å². The fourth-order valence-corrected chi connectivity index (χ4v) is 0.741. The molecule has 0 aliphatic rings. The molecule has 0 aromatic carbocycles. The van der Waals surface area contributed by atoms with Gasteiger partial charge in [-0.1, -0.05) is 0 Å². The minimum Gasteiger partial charge on any atom is -0.442 e. The molecule has 0 heterocycles. The molecule has 14 heavy (non-hydrogen) atoms. The van der Waals surface area contributed by atoms with Crippen molar-refractivity contribution in [1.29, 1.82) is 0 Å². The third-order valence-electron chi connectivity index (χ3n) is 1.32. The smallest absolute Gasteiger partial charge is 0.431 e. The zero-order valence-electron chi connectivity index (χ0n) is 9.29. The molecule has 0 fully saturated rings. The second-order valence-corrected chi connectivity index (χ2v) is 4.11. The maximum absolute atomic E-state index is 11.1. The molecule has 0 radical (unpaired) electrons. The average Bonchev–Trinajstić information content (AvgIpc) is 1.98. The monoisotopic (exact) mass is 204 g/mol. The van der Waals surface area contributed by atoms with E-state index in [0.29, 0.717) is 13.0 Å². The number of carbonyl (C=O) groups excluding carboxylic acids is 1. The highest BCUT2D eigenvalue weighted by Gasteiger charge is 2.16. The van der Waals surface area contributed by atoms with Gasteiger partial charge in [-0.2, -0.15) is 5.48 Å². The summed E-state index contributed by atoms with van der Waals surface area (Å²) in [5, 5.41) is 0. The van der Waals surface area contributed by atoms with Gasteiger partial charge in [0.15, 0.2) is 0 Å². The predicted molar refractivity (Wildman–Crippen MR) is 53.6 cm³/mol. The largest absolute Gasteiger partial charge is 0.442 e. The van der Waals surface area contributed by atoms with Crippen molar-refractivity contribution in [2.45, 2.75) is 45.8 Å². The van der Waals surface area contributed by atoms with Crippen LogP contribution in [0.4, 0.5) is 4.79 Å². The van der Waals surface area contributed by atoms with E-state index in [0.717, 1.165) is 0 Å². The maximum Gasteiger partial charge on any atom is 0.431 e. The Hall–Kier alpha value is -0.810. The van der Waals surface area contributed by atoms with Crippen LogP contribution in [0.15, 0.2) is 0 Å². The van der Waals surface area contributed by atoms with Gasteiger partial charge in [0.1, 0.15) is 5.60 Å². The molecule has 84 valence electrons. The van der Waals surface area contributed by atoms with Crippen molar-refractivity contribution in [3.63, 3.8) is 0 Å². The normalized spacial score (nSPS) is 13.5. The van der Waals surface area contributed by atoms with Gasteiger partial charge in [0.05, 0.1) is 6.10 Å². The van der Waals surface area contributed by atoms with Crippen LogP contribution in [0.2, 0.25) is 0 Å². The summed E-state index contributed by atoms with van der Waals surface area (Å²) in [6.45, 7) is 7.71. The van der Waals surface area contributed by atoms with E-state index in [1.165, 1.54) is 0 Å². The van der Waals surface area contributed by atoms with Gasteiger partial charge in [0.2, 0.25) is 0 Å². The Kier molecular flexibility index (Phi) is 5.49. The summed E-state index contributed by atoms with van der Waals surface area (Å²) < 4.78 is 4.96. The van der Waals surface area contributed by atoms with E-state index in [-0.39, 0.29) is 6.10 Å². The van der Waals surface area contributed by atoms with Crippen LogP contribution in [0.25, 0.3) is 0 Å². The second kappa shape index (κ2) is 5.82. The Labute approximate surface area is 84.9 Å². The van der Waals surface area contributed by atoms with Crippen molar-refractivity contribution in [2.24, 2.45) is 5.73 Å². The summed E-state index contributed by atoms with van der Waals surface area (Å²) in [6.07, 6.45) is 0.00406. The van der Waals surface area contributed by atoms with Crippen molar-refractivity contribution >= 4 is 6.09 Å². The number of nitrogens with one attached hydrogen (secondary N) is 1. The average molecular weight is 204 g/mol. The number of amides is 1.